The molecule has 0 radical (unpaired) electrons. The van der Waals surface area contributed by atoms with Gasteiger partial charge in [-0.15, -0.1) is 0 Å². The van der Waals surface area contributed by atoms with Gasteiger partial charge in [-0.05, 0) is 49.9 Å². The standard InChI is InChI=1S/C15H21NO/c1-3-5-14(16-2)15(17)13-9-8-11-6-4-7-12(11)10-13/h8-10,14,16H,3-7H2,1-2H3. The van der Waals surface area contributed by atoms with E-state index in [9.17, 15) is 4.79 Å². The Morgan fingerprint density at radius 3 is 2.82 bits per heavy atom. The van der Waals surface area contributed by atoms with Crippen LogP contribution in [-0.2, 0) is 12.8 Å². The van der Waals surface area contributed by atoms with Crippen LogP contribution in [0, 0.1) is 0 Å². The molecule has 92 valence electrons. The SMILES string of the molecule is CCCC(NC)C(=O)c1ccc2c(c1)CCC2. The van der Waals surface area contributed by atoms with E-state index < -0.39 is 0 Å². The molecule has 0 heterocycles. The van der Waals surface area contributed by atoms with Crippen molar-refractivity contribution < 1.29 is 4.79 Å². The Bertz CT molecular complexity index is 411. The molecular formula is C15H21NO. The Morgan fingerprint density at radius 2 is 2.12 bits per heavy atom. The Balaban J connectivity index is 2.19. The Hall–Kier alpha value is -1.15. The van der Waals surface area contributed by atoms with Gasteiger partial charge in [-0.1, -0.05) is 25.5 Å². The number of hydrogen-bond donors (Lipinski definition) is 1. The molecule has 0 saturated heterocycles. The van der Waals surface area contributed by atoms with Crippen LogP contribution in [0.1, 0.15) is 47.7 Å². The second-order valence-corrected chi connectivity index (χ2v) is 4.83. The summed E-state index contributed by atoms with van der Waals surface area (Å²) in [5.41, 5.74) is 3.68. The lowest BCUT2D eigenvalue weighted by Gasteiger charge is -2.14. The van der Waals surface area contributed by atoms with Crippen molar-refractivity contribution in [3.8, 4) is 0 Å². The van der Waals surface area contributed by atoms with Crippen molar-refractivity contribution in [2.24, 2.45) is 0 Å². The highest BCUT2D eigenvalue weighted by molar-refractivity contribution is 6.00. The molecule has 0 spiro atoms. The summed E-state index contributed by atoms with van der Waals surface area (Å²) in [5.74, 6) is 0.240. The van der Waals surface area contributed by atoms with Gasteiger partial charge in [0, 0.05) is 5.56 Å². The fourth-order valence-electron chi connectivity index (χ4n) is 2.62. The van der Waals surface area contributed by atoms with Gasteiger partial charge in [-0.25, -0.2) is 0 Å². The predicted octanol–water partition coefficient (Wildman–Crippen LogP) is 2.75. The van der Waals surface area contributed by atoms with Gasteiger partial charge in [0.05, 0.1) is 6.04 Å². The number of nitrogens with one attached hydrogen (secondary N) is 1. The van der Waals surface area contributed by atoms with Gasteiger partial charge >= 0.3 is 0 Å². The van der Waals surface area contributed by atoms with Crippen LogP contribution < -0.4 is 5.32 Å². The summed E-state index contributed by atoms with van der Waals surface area (Å²) in [4.78, 5) is 12.3. The van der Waals surface area contributed by atoms with Crippen molar-refractivity contribution in [3.63, 3.8) is 0 Å². The number of aryl methyl sites for hydroxylation is 2. The number of hydrogen-bond acceptors (Lipinski definition) is 2. The van der Waals surface area contributed by atoms with E-state index in [1.165, 1.54) is 24.0 Å². The van der Waals surface area contributed by atoms with Gasteiger partial charge in [0.1, 0.15) is 0 Å². The van der Waals surface area contributed by atoms with E-state index in [0.717, 1.165) is 24.8 Å². The van der Waals surface area contributed by atoms with E-state index in [2.05, 4.69) is 24.4 Å². The lowest BCUT2D eigenvalue weighted by molar-refractivity contribution is 0.0942. The van der Waals surface area contributed by atoms with Crippen LogP contribution >= 0.6 is 0 Å². The van der Waals surface area contributed by atoms with Crippen LogP contribution in [0.15, 0.2) is 18.2 Å². The first-order valence-electron chi connectivity index (χ1n) is 6.59. The van der Waals surface area contributed by atoms with Gasteiger partial charge in [0.15, 0.2) is 5.78 Å². The molecule has 0 fully saturated rings. The van der Waals surface area contributed by atoms with Crippen molar-refractivity contribution in [3.05, 3.63) is 34.9 Å². The molecular weight excluding hydrogens is 210 g/mol. The number of rotatable bonds is 5. The lowest BCUT2D eigenvalue weighted by atomic mass is 9.97. The maximum Gasteiger partial charge on any atom is 0.179 e. The molecule has 2 heteroatoms. The summed E-state index contributed by atoms with van der Waals surface area (Å²) >= 11 is 0. The van der Waals surface area contributed by atoms with E-state index >= 15 is 0 Å². The zero-order valence-electron chi connectivity index (χ0n) is 10.8. The molecule has 1 aliphatic carbocycles. The minimum Gasteiger partial charge on any atom is -0.310 e. The van der Waals surface area contributed by atoms with Crippen molar-refractivity contribution in [1.29, 1.82) is 0 Å². The molecule has 1 aromatic rings. The number of carbonyl (C=O) groups is 1. The predicted molar refractivity (Wildman–Crippen MR) is 70.6 cm³/mol. The van der Waals surface area contributed by atoms with Gasteiger partial charge in [-0.2, -0.15) is 0 Å². The lowest BCUT2D eigenvalue weighted by Crippen LogP contribution is -2.33. The first kappa shape index (κ1) is 12.3. The minimum atomic E-state index is -0.0283. The number of ketones is 1. The summed E-state index contributed by atoms with van der Waals surface area (Å²) in [6.45, 7) is 2.11. The first-order valence-corrected chi connectivity index (χ1v) is 6.59. The third-order valence-electron chi connectivity index (χ3n) is 3.63. The average molecular weight is 231 g/mol. The van der Waals surface area contributed by atoms with Gasteiger partial charge in [-0.3, -0.25) is 4.79 Å². The second-order valence-electron chi connectivity index (χ2n) is 4.83. The molecule has 2 nitrogen and oxygen atoms in total. The number of fused-ring (bicyclic) bond motifs is 1. The monoisotopic (exact) mass is 231 g/mol. The van der Waals surface area contributed by atoms with Crippen LogP contribution in [-0.4, -0.2) is 18.9 Å². The highest BCUT2D eigenvalue weighted by Crippen LogP contribution is 2.23. The van der Waals surface area contributed by atoms with Gasteiger partial charge < -0.3 is 5.32 Å². The van der Waals surface area contributed by atoms with Crippen molar-refractivity contribution in [2.45, 2.75) is 45.1 Å². The normalized spacial score (nSPS) is 15.6. The molecule has 0 aliphatic heterocycles. The number of Topliss-reactive ketones (excluding diaryl/α,β-unsaturated/α-hetero) is 1. The van der Waals surface area contributed by atoms with E-state index in [1.54, 1.807) is 0 Å². The first-order chi connectivity index (χ1) is 8.26. The van der Waals surface area contributed by atoms with Gasteiger partial charge in [0.2, 0.25) is 0 Å². The van der Waals surface area contributed by atoms with Crippen LogP contribution in [0.5, 0.6) is 0 Å². The number of likely N-dealkylation sites (N-methyl/N-ethyl adjacent to an activating group) is 1. The average Bonchev–Trinajstić information content (AvgIpc) is 2.82. The molecule has 1 aliphatic rings. The van der Waals surface area contributed by atoms with Crippen molar-refractivity contribution in [1.82, 2.24) is 5.32 Å². The summed E-state index contributed by atoms with van der Waals surface area (Å²) in [6, 6.07) is 6.20. The third-order valence-corrected chi connectivity index (χ3v) is 3.63. The maximum atomic E-state index is 12.3. The summed E-state index contributed by atoms with van der Waals surface area (Å²) in [7, 11) is 1.87. The highest BCUT2D eigenvalue weighted by Gasteiger charge is 2.19. The fraction of sp³-hybridized carbons (Fsp3) is 0.533. The molecule has 1 N–H and O–H groups in total. The van der Waals surface area contributed by atoms with E-state index in [1.807, 2.05) is 13.1 Å². The molecule has 1 unspecified atom stereocenters. The zero-order valence-corrected chi connectivity index (χ0v) is 10.8. The molecule has 17 heavy (non-hydrogen) atoms. The van der Waals surface area contributed by atoms with E-state index in [4.69, 9.17) is 0 Å². The Kier molecular flexibility index (Phi) is 3.95. The molecule has 0 saturated carbocycles. The molecule has 1 aromatic carbocycles. The number of benzene rings is 1. The van der Waals surface area contributed by atoms with Crippen LogP contribution in [0.3, 0.4) is 0 Å². The van der Waals surface area contributed by atoms with Crippen molar-refractivity contribution in [2.75, 3.05) is 7.05 Å². The van der Waals surface area contributed by atoms with Gasteiger partial charge in [0.25, 0.3) is 0 Å². The molecule has 1 atom stereocenters. The van der Waals surface area contributed by atoms with E-state index in [0.29, 0.717) is 0 Å². The zero-order chi connectivity index (χ0) is 12.3. The van der Waals surface area contributed by atoms with Crippen molar-refractivity contribution >= 4 is 5.78 Å². The van der Waals surface area contributed by atoms with E-state index in [-0.39, 0.29) is 11.8 Å². The quantitative estimate of drug-likeness (QED) is 0.789. The minimum absolute atomic E-state index is 0.0283. The molecule has 0 amide bonds. The maximum absolute atomic E-state index is 12.3. The number of carbonyl (C=O) groups excluding carboxylic acids is 1. The Morgan fingerprint density at radius 1 is 1.35 bits per heavy atom. The fourth-order valence-corrected chi connectivity index (χ4v) is 2.62. The summed E-state index contributed by atoms with van der Waals surface area (Å²) < 4.78 is 0. The molecule has 0 bridgehead atoms. The largest absolute Gasteiger partial charge is 0.310 e. The highest BCUT2D eigenvalue weighted by atomic mass is 16.1. The molecule has 0 aromatic heterocycles. The summed E-state index contributed by atoms with van der Waals surface area (Å²) in [6.07, 6.45) is 5.48. The third kappa shape index (κ3) is 2.58. The second kappa shape index (κ2) is 5.46. The van der Waals surface area contributed by atoms with Crippen LogP contribution in [0.25, 0.3) is 0 Å². The Labute approximate surface area is 103 Å². The van der Waals surface area contributed by atoms with Crippen LogP contribution in [0.2, 0.25) is 0 Å². The smallest absolute Gasteiger partial charge is 0.179 e. The topological polar surface area (TPSA) is 29.1 Å². The summed E-state index contributed by atoms with van der Waals surface area (Å²) in [5, 5.41) is 3.12. The molecule has 2 rings (SSSR count). The van der Waals surface area contributed by atoms with Crippen LogP contribution in [0.4, 0.5) is 0 Å².